The summed E-state index contributed by atoms with van der Waals surface area (Å²) < 4.78 is 0. The monoisotopic (exact) mass is 393 g/mol. The van der Waals surface area contributed by atoms with Gasteiger partial charge in [-0.3, -0.25) is 9.69 Å². The number of nitrogens with zero attached hydrogens (tertiary/aromatic N) is 2. The van der Waals surface area contributed by atoms with Gasteiger partial charge in [-0.15, -0.1) is 0 Å². The van der Waals surface area contributed by atoms with Crippen molar-refractivity contribution < 1.29 is 4.79 Å². The first-order chi connectivity index (χ1) is 13.9. The van der Waals surface area contributed by atoms with Crippen molar-refractivity contribution in [3.05, 3.63) is 71.8 Å². The summed E-state index contributed by atoms with van der Waals surface area (Å²) in [4.78, 5) is 17.7. The number of hydrogen-bond acceptors (Lipinski definition) is 3. The molecule has 4 unspecified atom stereocenters. The van der Waals surface area contributed by atoms with E-state index in [1.54, 1.807) is 0 Å². The van der Waals surface area contributed by atoms with Gasteiger partial charge in [-0.05, 0) is 23.0 Å². The lowest BCUT2D eigenvalue weighted by molar-refractivity contribution is -0.140. The van der Waals surface area contributed by atoms with Crippen molar-refractivity contribution in [1.82, 2.24) is 9.80 Å². The Morgan fingerprint density at radius 3 is 2.10 bits per heavy atom. The number of piperidine rings is 1. The van der Waals surface area contributed by atoms with Crippen molar-refractivity contribution in [1.29, 1.82) is 0 Å². The largest absolute Gasteiger partial charge is 0.342 e. The molecule has 0 saturated carbocycles. The molecular weight excluding hydrogens is 358 g/mol. The Morgan fingerprint density at radius 1 is 1.03 bits per heavy atom. The fraction of sp³-hybridized carbons (Fsp3) is 0.480. The topological polar surface area (TPSA) is 49.6 Å². The van der Waals surface area contributed by atoms with Crippen molar-refractivity contribution in [2.75, 3.05) is 20.1 Å². The minimum atomic E-state index is -0.282. The Hall–Kier alpha value is -2.17. The molecule has 0 radical (unpaired) electrons. The number of likely N-dealkylation sites (tertiary alicyclic amines) is 1. The van der Waals surface area contributed by atoms with Crippen LogP contribution in [0.5, 0.6) is 0 Å². The molecule has 0 aliphatic carbocycles. The molecule has 4 nitrogen and oxygen atoms in total. The lowest BCUT2D eigenvalue weighted by Gasteiger charge is -2.46. The summed E-state index contributed by atoms with van der Waals surface area (Å²) in [6.07, 6.45) is 0. The van der Waals surface area contributed by atoms with E-state index in [-0.39, 0.29) is 23.9 Å². The Bertz CT molecular complexity index is 767. The summed E-state index contributed by atoms with van der Waals surface area (Å²) in [5, 5.41) is 0. The highest BCUT2D eigenvalue weighted by molar-refractivity contribution is 5.79. The Kier molecular flexibility index (Phi) is 7.09. The molecule has 156 valence electrons. The van der Waals surface area contributed by atoms with E-state index in [9.17, 15) is 4.79 Å². The maximum absolute atomic E-state index is 13.3. The number of hydrogen-bond donors (Lipinski definition) is 1. The molecule has 29 heavy (non-hydrogen) atoms. The van der Waals surface area contributed by atoms with Crippen LogP contribution in [0.25, 0.3) is 0 Å². The number of benzene rings is 2. The van der Waals surface area contributed by atoms with Gasteiger partial charge in [-0.1, -0.05) is 81.4 Å². The van der Waals surface area contributed by atoms with Crippen LogP contribution in [0.1, 0.15) is 37.9 Å². The molecule has 2 N–H and O–H groups in total. The highest BCUT2D eigenvalue weighted by Gasteiger charge is 2.38. The third kappa shape index (κ3) is 5.06. The van der Waals surface area contributed by atoms with Crippen LogP contribution in [0.15, 0.2) is 60.7 Å². The highest BCUT2D eigenvalue weighted by Crippen LogP contribution is 2.30. The van der Waals surface area contributed by atoms with Gasteiger partial charge in [0.05, 0.1) is 5.92 Å². The predicted molar refractivity (Wildman–Crippen MR) is 119 cm³/mol. The minimum absolute atomic E-state index is 0.140. The van der Waals surface area contributed by atoms with E-state index in [1.807, 2.05) is 49.2 Å². The van der Waals surface area contributed by atoms with Gasteiger partial charge in [0.1, 0.15) is 0 Å². The maximum atomic E-state index is 13.3. The second-order valence-electron chi connectivity index (χ2n) is 8.80. The molecule has 2 aromatic carbocycles. The van der Waals surface area contributed by atoms with Gasteiger partial charge in [0.25, 0.3) is 0 Å². The molecule has 2 aromatic rings. The van der Waals surface area contributed by atoms with Crippen LogP contribution in [0.3, 0.4) is 0 Å². The lowest BCUT2D eigenvalue weighted by atomic mass is 9.83. The zero-order valence-corrected chi connectivity index (χ0v) is 18.2. The number of carbonyl (C=O) groups is 1. The molecule has 0 bridgehead atoms. The second kappa shape index (κ2) is 9.55. The van der Waals surface area contributed by atoms with E-state index in [2.05, 4.69) is 49.1 Å². The van der Waals surface area contributed by atoms with E-state index in [4.69, 9.17) is 5.73 Å². The molecule has 4 heteroatoms. The first-order valence-electron chi connectivity index (χ1n) is 10.7. The van der Waals surface area contributed by atoms with Gasteiger partial charge in [-0.2, -0.15) is 0 Å². The van der Waals surface area contributed by atoms with Crippen LogP contribution in [-0.2, 0) is 11.3 Å². The summed E-state index contributed by atoms with van der Waals surface area (Å²) >= 11 is 0. The quantitative estimate of drug-likeness (QED) is 0.809. The van der Waals surface area contributed by atoms with Crippen molar-refractivity contribution >= 4 is 5.91 Å². The highest BCUT2D eigenvalue weighted by atomic mass is 16.2. The molecule has 4 atom stereocenters. The molecule has 1 heterocycles. The molecule has 0 spiro atoms. The third-order valence-electron chi connectivity index (χ3n) is 6.41. The standard InChI is InChI=1S/C25H35N3O/c1-18-15-28(17-21-11-7-5-8-12-21)16-19(2)24(18)27(4)25(29)20(3)23(26)22-13-9-6-10-14-22/h5-14,18-20,23-24H,15-17,26H2,1-4H3. The van der Waals surface area contributed by atoms with Crippen LogP contribution >= 0.6 is 0 Å². The average molecular weight is 394 g/mol. The van der Waals surface area contributed by atoms with Crippen LogP contribution in [-0.4, -0.2) is 41.9 Å². The SMILES string of the molecule is CC1CN(Cc2ccccc2)CC(C)C1N(C)C(=O)C(C)C(N)c1ccccc1. The Labute approximate surface area is 175 Å². The molecule has 0 aromatic heterocycles. The average Bonchev–Trinajstić information content (AvgIpc) is 2.73. The Morgan fingerprint density at radius 2 is 1.55 bits per heavy atom. The van der Waals surface area contributed by atoms with Gasteiger partial charge in [-0.25, -0.2) is 0 Å². The second-order valence-corrected chi connectivity index (χ2v) is 8.80. The van der Waals surface area contributed by atoms with Crippen molar-refractivity contribution in [2.45, 2.75) is 39.4 Å². The molecule has 3 rings (SSSR count). The van der Waals surface area contributed by atoms with Crippen LogP contribution < -0.4 is 5.73 Å². The number of amides is 1. The molecular formula is C25H35N3O. The summed E-state index contributed by atoms with van der Waals surface area (Å²) in [6, 6.07) is 20.5. The van der Waals surface area contributed by atoms with E-state index < -0.39 is 0 Å². The smallest absolute Gasteiger partial charge is 0.227 e. The van der Waals surface area contributed by atoms with Crippen LogP contribution in [0.2, 0.25) is 0 Å². The Balaban J connectivity index is 1.64. The summed E-state index contributed by atoms with van der Waals surface area (Å²) in [7, 11) is 1.96. The molecule has 1 fully saturated rings. The van der Waals surface area contributed by atoms with E-state index in [0.29, 0.717) is 11.8 Å². The van der Waals surface area contributed by atoms with Gasteiger partial charge in [0.15, 0.2) is 0 Å². The number of rotatable bonds is 6. The van der Waals surface area contributed by atoms with Crippen molar-refractivity contribution in [3.8, 4) is 0 Å². The fourth-order valence-electron chi connectivity index (χ4n) is 4.99. The predicted octanol–water partition coefficient (Wildman–Crippen LogP) is 3.94. The summed E-state index contributed by atoms with van der Waals surface area (Å²) in [5.41, 5.74) is 8.79. The van der Waals surface area contributed by atoms with Crippen LogP contribution in [0, 0.1) is 17.8 Å². The maximum Gasteiger partial charge on any atom is 0.227 e. The van der Waals surface area contributed by atoms with Gasteiger partial charge in [0, 0.05) is 38.8 Å². The van der Waals surface area contributed by atoms with Gasteiger partial charge in [0.2, 0.25) is 5.91 Å². The molecule has 1 aliphatic heterocycles. The number of carbonyl (C=O) groups excluding carboxylic acids is 1. The normalized spacial score (nSPS) is 24.7. The van der Waals surface area contributed by atoms with Gasteiger partial charge < -0.3 is 10.6 Å². The molecule has 1 amide bonds. The van der Waals surface area contributed by atoms with Gasteiger partial charge >= 0.3 is 0 Å². The summed E-state index contributed by atoms with van der Waals surface area (Å²) in [6.45, 7) is 9.46. The molecule has 1 saturated heterocycles. The fourth-order valence-corrected chi connectivity index (χ4v) is 4.99. The molecule has 1 aliphatic rings. The third-order valence-corrected chi connectivity index (χ3v) is 6.41. The first kappa shape index (κ1) is 21.5. The first-order valence-corrected chi connectivity index (χ1v) is 10.7. The van der Waals surface area contributed by atoms with Crippen molar-refractivity contribution in [3.63, 3.8) is 0 Å². The van der Waals surface area contributed by atoms with Crippen molar-refractivity contribution in [2.24, 2.45) is 23.5 Å². The van der Waals surface area contributed by atoms with E-state index in [1.165, 1.54) is 5.56 Å². The van der Waals surface area contributed by atoms with E-state index >= 15 is 0 Å². The lowest BCUT2D eigenvalue weighted by Crippen LogP contribution is -2.56. The summed E-state index contributed by atoms with van der Waals surface area (Å²) in [5.74, 6) is 0.721. The van der Waals surface area contributed by atoms with Crippen LogP contribution in [0.4, 0.5) is 0 Å². The van der Waals surface area contributed by atoms with E-state index in [0.717, 1.165) is 25.2 Å². The number of nitrogens with two attached hydrogens (primary N) is 1. The zero-order chi connectivity index (χ0) is 21.0. The minimum Gasteiger partial charge on any atom is -0.342 e. The zero-order valence-electron chi connectivity index (χ0n) is 18.2.